The molecule has 0 atom stereocenters. The number of aromatic nitrogens is 1. The van der Waals surface area contributed by atoms with Gasteiger partial charge in [-0.3, -0.25) is 9.78 Å². The molecule has 0 radical (unpaired) electrons. The van der Waals surface area contributed by atoms with Crippen molar-refractivity contribution < 1.29 is 9.53 Å². The smallest absolute Gasteiger partial charge is 0.224 e. The summed E-state index contributed by atoms with van der Waals surface area (Å²) in [5.41, 5.74) is 3.90. The van der Waals surface area contributed by atoms with E-state index in [0.29, 0.717) is 12.8 Å². The Labute approximate surface area is 141 Å². The molecule has 1 aromatic heterocycles. The van der Waals surface area contributed by atoms with Gasteiger partial charge in [0.25, 0.3) is 0 Å². The second kappa shape index (κ2) is 7.13. The fourth-order valence-electron chi connectivity index (χ4n) is 2.72. The van der Waals surface area contributed by atoms with Crippen LogP contribution in [0.3, 0.4) is 0 Å². The number of benzene rings is 2. The summed E-state index contributed by atoms with van der Waals surface area (Å²) in [7, 11) is 1.64. The van der Waals surface area contributed by atoms with Gasteiger partial charge in [0.2, 0.25) is 5.91 Å². The Morgan fingerprint density at radius 2 is 2.04 bits per heavy atom. The molecule has 24 heavy (non-hydrogen) atoms. The fraction of sp³-hybridized carbons (Fsp3) is 0.200. The second-order valence-corrected chi connectivity index (χ2v) is 5.73. The topological polar surface area (TPSA) is 51.2 Å². The average molecular weight is 320 g/mol. The van der Waals surface area contributed by atoms with E-state index in [1.165, 1.54) is 0 Å². The van der Waals surface area contributed by atoms with E-state index in [-0.39, 0.29) is 5.91 Å². The summed E-state index contributed by atoms with van der Waals surface area (Å²) < 4.78 is 5.21. The van der Waals surface area contributed by atoms with E-state index in [4.69, 9.17) is 4.74 Å². The highest BCUT2D eigenvalue weighted by atomic mass is 16.5. The van der Waals surface area contributed by atoms with Crippen LogP contribution in [0.5, 0.6) is 5.75 Å². The highest BCUT2D eigenvalue weighted by Crippen LogP contribution is 2.24. The van der Waals surface area contributed by atoms with Crippen molar-refractivity contribution in [3.63, 3.8) is 0 Å². The largest absolute Gasteiger partial charge is 0.497 e. The predicted octanol–water partition coefficient (Wildman–Crippen LogP) is 4.12. The van der Waals surface area contributed by atoms with Gasteiger partial charge in [-0.1, -0.05) is 18.2 Å². The zero-order chi connectivity index (χ0) is 16.9. The third-order valence-electron chi connectivity index (χ3n) is 4.02. The maximum atomic E-state index is 12.3. The van der Waals surface area contributed by atoms with E-state index in [1.54, 1.807) is 13.3 Å². The zero-order valence-corrected chi connectivity index (χ0v) is 13.9. The number of aryl methyl sites for hydroxylation is 2. The van der Waals surface area contributed by atoms with Gasteiger partial charge in [-0.05, 0) is 54.8 Å². The van der Waals surface area contributed by atoms with E-state index < -0.39 is 0 Å². The van der Waals surface area contributed by atoms with Crippen LogP contribution in [-0.4, -0.2) is 18.0 Å². The minimum absolute atomic E-state index is 0.00757. The minimum atomic E-state index is -0.00757. The monoisotopic (exact) mass is 320 g/mol. The summed E-state index contributed by atoms with van der Waals surface area (Å²) in [6.45, 7) is 2.02. The molecule has 3 aromatic rings. The van der Waals surface area contributed by atoms with Crippen molar-refractivity contribution in [2.24, 2.45) is 0 Å². The van der Waals surface area contributed by atoms with Gasteiger partial charge in [0.15, 0.2) is 0 Å². The van der Waals surface area contributed by atoms with E-state index in [1.807, 2.05) is 55.5 Å². The maximum absolute atomic E-state index is 12.3. The van der Waals surface area contributed by atoms with Crippen molar-refractivity contribution >= 4 is 22.5 Å². The lowest BCUT2D eigenvalue weighted by Gasteiger charge is -2.10. The molecule has 0 spiro atoms. The molecule has 1 amide bonds. The number of nitrogens with zero attached hydrogens (tertiary/aromatic N) is 1. The van der Waals surface area contributed by atoms with Crippen molar-refractivity contribution in [2.75, 3.05) is 12.4 Å². The number of pyridine rings is 1. The summed E-state index contributed by atoms with van der Waals surface area (Å²) in [5.74, 6) is 0.801. The van der Waals surface area contributed by atoms with E-state index >= 15 is 0 Å². The number of hydrogen-bond donors (Lipinski definition) is 1. The van der Waals surface area contributed by atoms with Crippen molar-refractivity contribution in [3.05, 3.63) is 65.9 Å². The molecule has 4 nitrogen and oxygen atoms in total. The van der Waals surface area contributed by atoms with Crippen LogP contribution in [0.4, 0.5) is 5.69 Å². The van der Waals surface area contributed by atoms with Crippen molar-refractivity contribution in [2.45, 2.75) is 19.8 Å². The molecule has 2 aromatic carbocycles. The molecule has 0 aliphatic rings. The molecular weight excluding hydrogens is 300 g/mol. The maximum Gasteiger partial charge on any atom is 0.224 e. The zero-order valence-electron chi connectivity index (χ0n) is 13.9. The van der Waals surface area contributed by atoms with Gasteiger partial charge in [0.1, 0.15) is 5.75 Å². The standard InChI is InChI=1S/C20H20N2O2/c1-14-8-10-18(17-7-4-12-21-20(14)17)22-19(23)11-9-15-5-3-6-16(13-15)24-2/h3-8,10,12-13H,9,11H2,1-2H3,(H,22,23). The van der Waals surface area contributed by atoms with Gasteiger partial charge in [-0.15, -0.1) is 0 Å². The first kappa shape index (κ1) is 16.0. The molecule has 0 aliphatic heterocycles. The normalized spacial score (nSPS) is 10.6. The lowest BCUT2D eigenvalue weighted by atomic mass is 10.1. The molecule has 3 rings (SSSR count). The number of hydrogen-bond acceptors (Lipinski definition) is 3. The molecule has 0 saturated carbocycles. The number of fused-ring (bicyclic) bond motifs is 1. The Hall–Kier alpha value is -2.88. The third kappa shape index (κ3) is 3.54. The van der Waals surface area contributed by atoms with Crippen molar-refractivity contribution in [3.8, 4) is 5.75 Å². The van der Waals surface area contributed by atoms with Crippen LogP contribution in [0, 0.1) is 6.92 Å². The first-order valence-electron chi connectivity index (χ1n) is 7.94. The first-order chi connectivity index (χ1) is 11.7. The number of carbonyl (C=O) groups excluding carboxylic acids is 1. The Morgan fingerprint density at radius 1 is 1.17 bits per heavy atom. The van der Waals surface area contributed by atoms with E-state index in [2.05, 4.69) is 10.3 Å². The molecule has 0 aliphatic carbocycles. The van der Waals surface area contributed by atoms with Crippen LogP contribution in [-0.2, 0) is 11.2 Å². The highest BCUT2D eigenvalue weighted by Gasteiger charge is 2.08. The summed E-state index contributed by atoms with van der Waals surface area (Å²) in [6.07, 6.45) is 2.86. The lowest BCUT2D eigenvalue weighted by molar-refractivity contribution is -0.116. The minimum Gasteiger partial charge on any atom is -0.497 e. The number of anilines is 1. The van der Waals surface area contributed by atoms with Crippen LogP contribution in [0.15, 0.2) is 54.7 Å². The number of amides is 1. The summed E-state index contributed by atoms with van der Waals surface area (Å²) in [6, 6.07) is 15.6. The van der Waals surface area contributed by atoms with Crippen molar-refractivity contribution in [1.29, 1.82) is 0 Å². The van der Waals surface area contributed by atoms with E-state index in [9.17, 15) is 4.79 Å². The number of ether oxygens (including phenoxy) is 1. The van der Waals surface area contributed by atoms with Crippen LogP contribution in [0.2, 0.25) is 0 Å². The summed E-state index contributed by atoms with van der Waals surface area (Å²) in [5, 5.41) is 3.97. The molecule has 4 heteroatoms. The number of carbonyl (C=O) groups is 1. The molecule has 0 fully saturated rings. The Balaban J connectivity index is 1.70. The Bertz CT molecular complexity index is 874. The van der Waals surface area contributed by atoms with Crippen LogP contribution >= 0.6 is 0 Å². The third-order valence-corrected chi connectivity index (χ3v) is 4.02. The van der Waals surface area contributed by atoms with Gasteiger partial charge in [-0.2, -0.15) is 0 Å². The first-order valence-corrected chi connectivity index (χ1v) is 7.94. The molecule has 0 bridgehead atoms. The number of nitrogens with one attached hydrogen (secondary N) is 1. The van der Waals surface area contributed by atoms with Crippen molar-refractivity contribution in [1.82, 2.24) is 4.98 Å². The number of methoxy groups -OCH3 is 1. The molecule has 122 valence electrons. The Kier molecular flexibility index (Phi) is 4.75. The molecule has 1 N–H and O–H groups in total. The predicted molar refractivity (Wildman–Crippen MR) is 96.4 cm³/mol. The van der Waals surface area contributed by atoms with Crippen LogP contribution in [0.25, 0.3) is 10.9 Å². The fourth-order valence-corrected chi connectivity index (χ4v) is 2.72. The lowest BCUT2D eigenvalue weighted by Crippen LogP contribution is -2.12. The van der Waals surface area contributed by atoms with E-state index in [0.717, 1.165) is 33.5 Å². The molecule has 0 saturated heterocycles. The second-order valence-electron chi connectivity index (χ2n) is 5.73. The SMILES string of the molecule is COc1cccc(CCC(=O)Nc2ccc(C)c3ncccc23)c1. The van der Waals surface area contributed by atoms with Gasteiger partial charge in [0, 0.05) is 18.0 Å². The summed E-state index contributed by atoms with van der Waals surface area (Å²) in [4.78, 5) is 16.7. The average Bonchev–Trinajstić information content (AvgIpc) is 2.63. The van der Waals surface area contributed by atoms with Crippen LogP contribution < -0.4 is 10.1 Å². The molecular formula is C20H20N2O2. The number of rotatable bonds is 5. The molecule has 0 unspecified atom stereocenters. The summed E-state index contributed by atoms with van der Waals surface area (Å²) >= 11 is 0. The van der Waals surface area contributed by atoms with Gasteiger partial charge < -0.3 is 10.1 Å². The van der Waals surface area contributed by atoms with Gasteiger partial charge >= 0.3 is 0 Å². The quantitative estimate of drug-likeness (QED) is 0.769. The Morgan fingerprint density at radius 3 is 2.88 bits per heavy atom. The molecule has 1 heterocycles. The van der Waals surface area contributed by atoms with Gasteiger partial charge in [-0.25, -0.2) is 0 Å². The van der Waals surface area contributed by atoms with Crippen LogP contribution in [0.1, 0.15) is 17.5 Å². The van der Waals surface area contributed by atoms with Gasteiger partial charge in [0.05, 0.1) is 18.3 Å². The highest BCUT2D eigenvalue weighted by molar-refractivity contribution is 6.01.